The molecule has 1 N–H and O–H groups in total. The van der Waals surface area contributed by atoms with Crippen LogP contribution in [0.1, 0.15) is 6.42 Å². The molecule has 2 atom stereocenters. The van der Waals surface area contributed by atoms with Gasteiger partial charge in [-0.3, -0.25) is 0 Å². The molecule has 0 saturated heterocycles. The smallest absolute Gasteiger partial charge is 0.0836 e. The maximum absolute atomic E-state index is 3.86. The second kappa shape index (κ2) is 10.5. The quantitative estimate of drug-likeness (QED) is 0.193. The maximum atomic E-state index is 3.86. The predicted molar refractivity (Wildman–Crippen MR) is 211 cm³/mol. The van der Waals surface area contributed by atoms with Gasteiger partial charge in [-0.05, 0) is 101 Å². The van der Waals surface area contributed by atoms with Crippen LogP contribution in [0, 0.1) is 5.92 Å². The fraction of sp³-hybridized carbons (Fsp3) is 0.0638. The number of allylic oxidation sites excluding steroid dienone is 3. The first-order chi connectivity index (χ1) is 24.3. The van der Waals surface area contributed by atoms with Gasteiger partial charge >= 0.3 is 0 Å². The Morgan fingerprint density at radius 1 is 0.490 bits per heavy atom. The molecule has 11 rings (SSSR count). The third-order valence-electron chi connectivity index (χ3n) is 11.0. The van der Waals surface area contributed by atoms with E-state index in [-0.39, 0.29) is 0 Å². The Balaban J connectivity index is 1.07. The lowest BCUT2D eigenvalue weighted by Gasteiger charge is -2.20. The van der Waals surface area contributed by atoms with E-state index in [1.165, 1.54) is 98.2 Å². The van der Waals surface area contributed by atoms with Gasteiger partial charge in [0.05, 0.1) is 5.37 Å². The number of rotatable bonds is 3. The highest BCUT2D eigenvalue weighted by atomic mass is 32.2. The Kier molecular flexibility index (Phi) is 5.85. The minimum absolute atomic E-state index is 0.344. The monoisotopic (exact) mass is 641 g/mol. The fourth-order valence-corrected chi connectivity index (χ4v) is 10.1. The molecule has 8 aromatic carbocycles. The van der Waals surface area contributed by atoms with Gasteiger partial charge in [0.15, 0.2) is 0 Å². The van der Waals surface area contributed by atoms with Crippen LogP contribution in [0.3, 0.4) is 0 Å². The zero-order valence-corrected chi connectivity index (χ0v) is 27.6. The first-order valence-electron chi connectivity index (χ1n) is 17.2. The lowest BCUT2D eigenvalue weighted by atomic mass is 9.88. The molecule has 230 valence electrons. The van der Waals surface area contributed by atoms with Gasteiger partial charge in [-0.1, -0.05) is 157 Å². The fourth-order valence-electron chi connectivity index (χ4n) is 8.67. The molecule has 0 spiro atoms. The van der Waals surface area contributed by atoms with E-state index in [2.05, 4.69) is 163 Å². The molecule has 2 unspecified atom stereocenters. The average Bonchev–Trinajstić information content (AvgIpc) is 3.76. The van der Waals surface area contributed by atoms with Crippen molar-refractivity contribution in [2.75, 3.05) is 5.32 Å². The van der Waals surface area contributed by atoms with E-state index in [9.17, 15) is 0 Å². The van der Waals surface area contributed by atoms with E-state index in [1.807, 2.05) is 11.8 Å². The molecule has 2 heteroatoms. The number of fused-ring (bicyclic) bond motifs is 9. The number of thioether (sulfide) groups is 1. The van der Waals surface area contributed by atoms with Crippen molar-refractivity contribution < 1.29 is 0 Å². The van der Waals surface area contributed by atoms with E-state index >= 15 is 0 Å². The first kappa shape index (κ1) is 27.4. The van der Waals surface area contributed by atoms with Crippen molar-refractivity contribution >= 4 is 60.5 Å². The van der Waals surface area contributed by atoms with E-state index in [0.717, 1.165) is 6.42 Å². The Morgan fingerprint density at radius 3 is 1.98 bits per heavy atom. The Hall–Kier alpha value is -5.57. The summed E-state index contributed by atoms with van der Waals surface area (Å²) in [5, 5.41) is 14.7. The highest BCUT2D eigenvalue weighted by molar-refractivity contribution is 8.00. The van der Waals surface area contributed by atoms with Gasteiger partial charge in [-0.2, -0.15) is 0 Å². The van der Waals surface area contributed by atoms with Gasteiger partial charge in [0.25, 0.3) is 0 Å². The predicted octanol–water partition coefficient (Wildman–Crippen LogP) is 13.3. The SMILES string of the molecule is C1=CCC(C2Nc3ccc4ccc5ccc(-c6ccc(-c7ccc8c9c(cccc79)-c7ccccc7-8)c7ccccc67)cc5c4c3S2)C=C1. The van der Waals surface area contributed by atoms with Crippen molar-refractivity contribution in [3.05, 3.63) is 158 Å². The Bertz CT molecular complexity index is 2740. The molecule has 0 bridgehead atoms. The van der Waals surface area contributed by atoms with Gasteiger partial charge in [-0.15, -0.1) is 0 Å². The lowest BCUT2D eigenvalue weighted by Crippen LogP contribution is -2.21. The summed E-state index contributed by atoms with van der Waals surface area (Å²) >= 11 is 2.00. The molecular formula is C47H31NS. The van der Waals surface area contributed by atoms with Crippen LogP contribution >= 0.6 is 11.8 Å². The zero-order valence-electron chi connectivity index (χ0n) is 26.8. The van der Waals surface area contributed by atoms with E-state index in [1.54, 1.807) is 0 Å². The van der Waals surface area contributed by atoms with Crippen LogP contribution in [0.2, 0.25) is 0 Å². The van der Waals surface area contributed by atoms with Gasteiger partial charge in [0, 0.05) is 21.9 Å². The van der Waals surface area contributed by atoms with Crippen molar-refractivity contribution in [3.63, 3.8) is 0 Å². The minimum Gasteiger partial charge on any atom is -0.371 e. The second-order valence-corrected chi connectivity index (χ2v) is 14.7. The molecule has 0 saturated carbocycles. The van der Waals surface area contributed by atoms with Crippen molar-refractivity contribution in [1.82, 2.24) is 0 Å². The largest absolute Gasteiger partial charge is 0.371 e. The highest BCUT2D eigenvalue weighted by Gasteiger charge is 2.29. The lowest BCUT2D eigenvalue weighted by molar-refractivity contribution is 0.662. The number of nitrogens with one attached hydrogen (secondary N) is 1. The summed E-state index contributed by atoms with van der Waals surface area (Å²) in [5.74, 6) is 0.487. The summed E-state index contributed by atoms with van der Waals surface area (Å²) in [7, 11) is 0. The summed E-state index contributed by atoms with van der Waals surface area (Å²) in [4.78, 5) is 1.38. The van der Waals surface area contributed by atoms with Crippen molar-refractivity contribution in [2.24, 2.45) is 5.92 Å². The van der Waals surface area contributed by atoms with Crippen LogP contribution in [0.5, 0.6) is 0 Å². The van der Waals surface area contributed by atoms with Gasteiger partial charge in [0.1, 0.15) is 0 Å². The van der Waals surface area contributed by atoms with Crippen LogP contribution in [0.25, 0.3) is 87.6 Å². The van der Waals surface area contributed by atoms with Crippen LogP contribution < -0.4 is 5.32 Å². The number of anilines is 1. The standard InChI is InChI=1S/C47H31NS/c1-2-9-30(10-3-1)47-48-43-26-21-29-19-17-28-18-20-31(27-42(28)44(29)46(43)49-47)32-22-23-37(34-12-5-4-11-33(32)34)38-24-25-41-36-14-7-6-13-35(36)39-15-8-16-40(38)45(39)41/h1-9,11-27,30,47-48H,10H2. The average molecular weight is 642 g/mol. The van der Waals surface area contributed by atoms with E-state index in [0.29, 0.717) is 11.3 Å². The normalized spacial score (nSPS) is 17.2. The number of hydrogen-bond donors (Lipinski definition) is 1. The third-order valence-corrected chi connectivity index (χ3v) is 12.4. The van der Waals surface area contributed by atoms with Crippen LogP contribution in [0.4, 0.5) is 5.69 Å². The maximum Gasteiger partial charge on any atom is 0.0836 e. The topological polar surface area (TPSA) is 12.0 Å². The molecule has 3 aliphatic rings. The molecule has 0 fully saturated rings. The van der Waals surface area contributed by atoms with Gasteiger partial charge in [0.2, 0.25) is 0 Å². The summed E-state index contributed by atoms with van der Waals surface area (Å²) in [6, 6.07) is 50.1. The molecule has 1 nitrogen and oxygen atoms in total. The molecule has 0 aromatic heterocycles. The molecule has 8 aromatic rings. The van der Waals surface area contributed by atoms with E-state index < -0.39 is 0 Å². The summed E-state index contributed by atoms with van der Waals surface area (Å²) in [6.45, 7) is 0. The molecule has 1 heterocycles. The molecule has 1 aliphatic heterocycles. The van der Waals surface area contributed by atoms with E-state index in [4.69, 9.17) is 0 Å². The van der Waals surface area contributed by atoms with Crippen LogP contribution in [0.15, 0.2) is 163 Å². The van der Waals surface area contributed by atoms with Crippen LogP contribution in [-0.2, 0) is 0 Å². The third kappa shape index (κ3) is 4.02. The molecule has 49 heavy (non-hydrogen) atoms. The number of benzene rings is 8. The second-order valence-electron chi connectivity index (χ2n) is 13.6. The van der Waals surface area contributed by atoms with Crippen molar-refractivity contribution in [2.45, 2.75) is 16.7 Å². The van der Waals surface area contributed by atoms with Gasteiger partial charge in [-0.25, -0.2) is 0 Å². The molecular weight excluding hydrogens is 611 g/mol. The summed E-state index contributed by atoms with van der Waals surface area (Å²) < 4.78 is 0. The van der Waals surface area contributed by atoms with Crippen molar-refractivity contribution in [3.8, 4) is 44.5 Å². The first-order valence-corrected chi connectivity index (χ1v) is 18.1. The molecule has 2 aliphatic carbocycles. The van der Waals surface area contributed by atoms with Crippen LogP contribution in [-0.4, -0.2) is 5.37 Å². The zero-order chi connectivity index (χ0) is 32.1. The Morgan fingerprint density at radius 2 is 1.14 bits per heavy atom. The summed E-state index contributed by atoms with van der Waals surface area (Å²) in [5.41, 5.74) is 11.7. The Labute approximate surface area is 289 Å². The van der Waals surface area contributed by atoms with Crippen molar-refractivity contribution in [1.29, 1.82) is 0 Å². The highest BCUT2D eigenvalue weighted by Crippen LogP contribution is 2.51. The minimum atomic E-state index is 0.344. The summed E-state index contributed by atoms with van der Waals surface area (Å²) in [6.07, 6.45) is 10.1. The molecule has 0 radical (unpaired) electrons. The number of hydrogen-bond acceptors (Lipinski definition) is 2. The molecule has 0 amide bonds. The van der Waals surface area contributed by atoms with Gasteiger partial charge < -0.3 is 5.32 Å².